The third kappa shape index (κ3) is 3.60. The number of rotatable bonds is 4. The fourth-order valence-electron chi connectivity index (χ4n) is 2.10. The third-order valence-corrected chi connectivity index (χ3v) is 4.27. The van der Waals surface area contributed by atoms with Gasteiger partial charge in [-0.15, -0.1) is 11.8 Å². The number of fused-ring (bicyclic) bond motifs is 1. The van der Waals surface area contributed by atoms with Crippen molar-refractivity contribution in [3.63, 3.8) is 0 Å². The summed E-state index contributed by atoms with van der Waals surface area (Å²) in [6, 6.07) is 11.4. The summed E-state index contributed by atoms with van der Waals surface area (Å²) < 4.78 is 24.0. The molecule has 1 heterocycles. The number of ether oxygens (including phenoxy) is 2. The van der Waals surface area contributed by atoms with Crippen molar-refractivity contribution in [3.05, 3.63) is 53.8 Å². The number of carbonyl (C=O) groups excluding carboxylic acids is 1. The number of Topliss-reactive ketones (excluding diaryl/α,β-unsaturated/α-hetero) is 1. The van der Waals surface area contributed by atoms with Gasteiger partial charge in [-0.2, -0.15) is 0 Å². The Hall–Kier alpha value is -2.01. The lowest BCUT2D eigenvalue weighted by molar-refractivity contribution is 0.102. The van der Waals surface area contributed by atoms with Crippen LogP contribution in [0.15, 0.2) is 47.4 Å². The van der Waals surface area contributed by atoms with Gasteiger partial charge in [-0.1, -0.05) is 0 Å². The van der Waals surface area contributed by atoms with E-state index in [1.54, 1.807) is 30.3 Å². The molecule has 0 amide bonds. The molecule has 5 heteroatoms. The molecule has 0 saturated heterocycles. The van der Waals surface area contributed by atoms with Crippen LogP contribution in [0.4, 0.5) is 4.39 Å². The monoisotopic (exact) mass is 318 g/mol. The zero-order valence-electron chi connectivity index (χ0n) is 11.9. The van der Waals surface area contributed by atoms with Crippen LogP contribution in [0.25, 0.3) is 0 Å². The van der Waals surface area contributed by atoms with Crippen molar-refractivity contribution in [2.24, 2.45) is 0 Å². The average molecular weight is 318 g/mol. The fraction of sp³-hybridized carbons (Fsp3) is 0.235. The van der Waals surface area contributed by atoms with E-state index in [4.69, 9.17) is 9.47 Å². The lowest BCUT2D eigenvalue weighted by Gasteiger charge is -2.08. The number of hydrogen-bond donors (Lipinski definition) is 0. The first-order chi connectivity index (χ1) is 10.7. The summed E-state index contributed by atoms with van der Waals surface area (Å²) in [6.07, 6.45) is 0.832. The summed E-state index contributed by atoms with van der Waals surface area (Å²) in [5, 5.41) is 0. The highest BCUT2D eigenvalue weighted by atomic mass is 32.2. The summed E-state index contributed by atoms with van der Waals surface area (Å²) in [4.78, 5) is 13.1. The molecule has 0 radical (unpaired) electrons. The topological polar surface area (TPSA) is 35.5 Å². The molecule has 22 heavy (non-hydrogen) atoms. The molecule has 0 bridgehead atoms. The molecule has 0 aliphatic carbocycles. The molecule has 2 aromatic carbocycles. The maximum atomic E-state index is 12.8. The Kier molecular flexibility index (Phi) is 4.63. The summed E-state index contributed by atoms with van der Waals surface area (Å²) in [5.41, 5.74) is 0.596. The molecule has 114 valence electrons. The smallest absolute Gasteiger partial charge is 0.173 e. The summed E-state index contributed by atoms with van der Waals surface area (Å²) in [7, 11) is 0. The Bertz CT molecular complexity index is 670. The Labute approximate surface area is 132 Å². The molecule has 0 saturated carbocycles. The van der Waals surface area contributed by atoms with Gasteiger partial charge in [0.1, 0.15) is 5.82 Å². The van der Waals surface area contributed by atoms with Crippen LogP contribution < -0.4 is 9.47 Å². The molecule has 0 N–H and O–H groups in total. The van der Waals surface area contributed by atoms with Crippen LogP contribution in [0.1, 0.15) is 16.8 Å². The van der Waals surface area contributed by atoms with Crippen molar-refractivity contribution in [1.29, 1.82) is 0 Å². The zero-order chi connectivity index (χ0) is 15.4. The molecule has 0 atom stereocenters. The predicted octanol–water partition coefficient (Wildman–Crippen LogP) is 3.96. The highest BCUT2D eigenvalue weighted by Crippen LogP contribution is 2.31. The normalized spacial score (nSPS) is 13.5. The molecule has 0 aromatic heterocycles. The number of thioether (sulfide) groups is 1. The number of benzene rings is 2. The second-order valence-corrected chi connectivity index (χ2v) is 5.93. The molecule has 0 fully saturated rings. The average Bonchev–Trinajstić information content (AvgIpc) is 2.78. The van der Waals surface area contributed by atoms with Gasteiger partial charge < -0.3 is 9.47 Å². The van der Waals surface area contributed by atoms with Crippen LogP contribution >= 0.6 is 11.8 Å². The van der Waals surface area contributed by atoms with Crippen LogP contribution in [0, 0.1) is 5.82 Å². The second-order valence-electron chi connectivity index (χ2n) is 4.88. The first kappa shape index (κ1) is 14.9. The molecule has 3 rings (SSSR count). The van der Waals surface area contributed by atoms with Crippen LogP contribution in [-0.2, 0) is 0 Å². The Morgan fingerprint density at radius 1 is 1.05 bits per heavy atom. The van der Waals surface area contributed by atoms with Gasteiger partial charge in [-0.3, -0.25) is 4.79 Å². The van der Waals surface area contributed by atoms with E-state index in [1.807, 2.05) is 0 Å². The maximum absolute atomic E-state index is 12.8. The van der Waals surface area contributed by atoms with Crippen LogP contribution in [-0.4, -0.2) is 24.7 Å². The highest BCUT2D eigenvalue weighted by Gasteiger charge is 2.14. The minimum absolute atomic E-state index is 0.00460. The molecular weight excluding hydrogens is 303 g/mol. The van der Waals surface area contributed by atoms with Crippen molar-refractivity contribution >= 4 is 17.5 Å². The molecule has 1 aliphatic rings. The van der Waals surface area contributed by atoms with E-state index in [0.29, 0.717) is 36.0 Å². The SMILES string of the molecule is O=C(CSc1ccc(F)cc1)c1ccc2c(c1)OCCCO2. The van der Waals surface area contributed by atoms with Crippen molar-refractivity contribution < 1.29 is 18.7 Å². The van der Waals surface area contributed by atoms with Gasteiger partial charge in [-0.25, -0.2) is 4.39 Å². The molecule has 0 unspecified atom stereocenters. The maximum Gasteiger partial charge on any atom is 0.173 e. The predicted molar refractivity (Wildman–Crippen MR) is 83.5 cm³/mol. The Morgan fingerprint density at radius 2 is 1.77 bits per heavy atom. The first-order valence-electron chi connectivity index (χ1n) is 7.03. The van der Waals surface area contributed by atoms with Gasteiger partial charge in [0.05, 0.1) is 19.0 Å². The quantitative estimate of drug-likeness (QED) is 0.631. The fourth-order valence-corrected chi connectivity index (χ4v) is 2.89. The van der Waals surface area contributed by atoms with Crippen LogP contribution in [0.2, 0.25) is 0 Å². The Morgan fingerprint density at radius 3 is 2.55 bits per heavy atom. The van der Waals surface area contributed by atoms with Crippen molar-refractivity contribution in [3.8, 4) is 11.5 Å². The van der Waals surface area contributed by atoms with E-state index in [1.165, 1.54) is 23.9 Å². The van der Waals surface area contributed by atoms with Gasteiger partial charge in [0.2, 0.25) is 0 Å². The van der Waals surface area contributed by atoms with E-state index in [2.05, 4.69) is 0 Å². The van der Waals surface area contributed by atoms with E-state index >= 15 is 0 Å². The summed E-state index contributed by atoms with van der Waals surface area (Å²) in [6.45, 7) is 1.22. The third-order valence-electron chi connectivity index (χ3n) is 3.25. The zero-order valence-corrected chi connectivity index (χ0v) is 12.7. The number of ketones is 1. The number of carbonyl (C=O) groups is 1. The lowest BCUT2D eigenvalue weighted by atomic mass is 10.1. The molecule has 0 spiro atoms. The largest absolute Gasteiger partial charge is 0.490 e. The Balaban J connectivity index is 1.67. The molecule has 1 aliphatic heterocycles. The van der Waals surface area contributed by atoms with Gasteiger partial charge in [0, 0.05) is 16.9 Å². The van der Waals surface area contributed by atoms with Gasteiger partial charge >= 0.3 is 0 Å². The van der Waals surface area contributed by atoms with Crippen LogP contribution in [0.5, 0.6) is 11.5 Å². The van der Waals surface area contributed by atoms with Crippen molar-refractivity contribution in [1.82, 2.24) is 0 Å². The van der Waals surface area contributed by atoms with Crippen molar-refractivity contribution in [2.75, 3.05) is 19.0 Å². The van der Waals surface area contributed by atoms with Crippen molar-refractivity contribution in [2.45, 2.75) is 11.3 Å². The number of hydrogen-bond acceptors (Lipinski definition) is 4. The minimum Gasteiger partial charge on any atom is -0.490 e. The van der Waals surface area contributed by atoms with Gasteiger partial charge in [-0.05, 0) is 42.5 Å². The van der Waals surface area contributed by atoms with Crippen LogP contribution in [0.3, 0.4) is 0 Å². The van der Waals surface area contributed by atoms with Gasteiger partial charge in [0.25, 0.3) is 0 Å². The first-order valence-corrected chi connectivity index (χ1v) is 8.02. The minimum atomic E-state index is -0.279. The van der Waals surface area contributed by atoms with E-state index in [-0.39, 0.29) is 11.6 Å². The highest BCUT2D eigenvalue weighted by molar-refractivity contribution is 8.00. The lowest BCUT2D eigenvalue weighted by Crippen LogP contribution is -2.03. The van der Waals surface area contributed by atoms with E-state index < -0.39 is 0 Å². The van der Waals surface area contributed by atoms with Gasteiger partial charge in [0.15, 0.2) is 17.3 Å². The molecular formula is C17H15FO3S. The standard InChI is InChI=1S/C17H15FO3S/c18-13-3-5-14(6-4-13)22-11-15(19)12-2-7-16-17(10-12)21-9-1-8-20-16/h2-7,10H,1,8-9,11H2. The summed E-state index contributed by atoms with van der Waals surface area (Å²) in [5.74, 6) is 1.32. The van der Waals surface area contributed by atoms with E-state index in [0.717, 1.165) is 11.3 Å². The van der Waals surface area contributed by atoms with E-state index in [9.17, 15) is 9.18 Å². The number of halogens is 1. The molecule has 3 nitrogen and oxygen atoms in total. The molecule has 2 aromatic rings. The second kappa shape index (κ2) is 6.83. The summed E-state index contributed by atoms with van der Waals surface area (Å²) >= 11 is 1.39.